The number of Topliss-reactive ketones (excluding diaryl/α,β-unsaturated/α-hetero) is 1. The minimum absolute atomic E-state index is 0. The zero-order chi connectivity index (χ0) is 50.4. The summed E-state index contributed by atoms with van der Waals surface area (Å²) < 4.78 is 8.33. The Morgan fingerprint density at radius 2 is 1.66 bits per heavy atom. The predicted octanol–water partition coefficient (Wildman–Crippen LogP) is 10.0. The number of carbonyl (C=O) groups excluding carboxylic acids is 3. The van der Waals surface area contributed by atoms with E-state index in [9.17, 15) is 14.4 Å². The number of piperazine rings is 1. The third-order valence-electron chi connectivity index (χ3n) is 11.5. The van der Waals surface area contributed by atoms with Crippen LogP contribution in [-0.2, 0) is 32.1 Å². The van der Waals surface area contributed by atoms with Crippen LogP contribution in [0.1, 0.15) is 144 Å². The molecule has 1 radical (unpaired) electrons. The number of unbranched alkanes of at least 4 members (excludes halogenated alkanes) is 1. The Hall–Kier alpha value is -3.88. The zero-order valence-electron chi connectivity index (χ0n) is 45.1. The second-order valence-corrected chi connectivity index (χ2v) is 16.8. The standard InChI is InChI=1S/C44H66N8O4.C4H8.2C2H6.CH5N.CH3.Am/c1-10-38(49-31(4)24-39(47-29-54)43(55)30(3)14-12-18-48-45)33-15-16-40-35(25-33)37(27-44(6,7)17-13-23-53)42(52(40)11-2)36-26-34(28-46-41(36)32(5)56-9)51-21-19-50(8)20-22-51;1-3-4-2;3*1-2;;/h10,15-16,23,25-26,28-30,32,39,48H,11-14,17-22,24,27,45H2,1-9H3,(H,47,54);1-4H2;2*1-2H3;2H2,1H3;1H3;/q;-2;;;;-1;/b38-10-,49-31?;;;;;;. The van der Waals surface area contributed by atoms with Crippen molar-refractivity contribution in [3.63, 3.8) is 0 Å². The van der Waals surface area contributed by atoms with E-state index < -0.39 is 6.04 Å². The average molecular weight is 1180 g/mol. The van der Waals surface area contributed by atoms with Gasteiger partial charge >= 0.3 is 0 Å². The summed E-state index contributed by atoms with van der Waals surface area (Å²) >= 11 is 0. The van der Waals surface area contributed by atoms with Crippen LogP contribution >= 0.6 is 0 Å². The molecule has 3 heterocycles. The minimum Gasteiger partial charge on any atom is -0.375 e. The number of aryl methyl sites for hydroxylation is 1. The summed E-state index contributed by atoms with van der Waals surface area (Å²) in [5, 5.41) is 3.87. The molecule has 0 bridgehead atoms. The van der Waals surface area contributed by atoms with E-state index in [0.29, 0.717) is 32.2 Å². The Morgan fingerprint density at radius 3 is 2.18 bits per heavy atom. The number of amides is 1. The van der Waals surface area contributed by atoms with Gasteiger partial charge in [-0.15, -0.1) is 0 Å². The van der Waals surface area contributed by atoms with Gasteiger partial charge in [-0.1, -0.05) is 60.6 Å². The Kier molecular flexibility index (Phi) is 38.2. The number of hydrogen-bond donors (Lipinski definition) is 4. The molecule has 1 amide bonds. The molecule has 3 atom stereocenters. The van der Waals surface area contributed by atoms with Crippen molar-refractivity contribution < 1.29 is 33.4 Å². The largest absolute Gasteiger partial charge is 0.375 e. The van der Waals surface area contributed by atoms with E-state index in [0.717, 1.165) is 122 Å². The van der Waals surface area contributed by atoms with Crippen molar-refractivity contribution in [3.05, 3.63) is 74.6 Å². The molecule has 2 aromatic heterocycles. The molecule has 13 nitrogen and oxygen atoms in total. The average Bonchev–Trinajstić information content (AvgIpc) is 3.65. The number of nitrogens with one attached hydrogen (secondary N) is 2. The number of nitrogens with zero attached hydrogens (tertiary/aromatic N) is 5. The predicted molar refractivity (Wildman–Crippen MR) is 288 cm³/mol. The van der Waals surface area contributed by atoms with Gasteiger partial charge in [0.05, 0.1) is 41.1 Å². The molecule has 389 valence electrons. The number of aromatic nitrogens is 2. The van der Waals surface area contributed by atoms with Crippen LogP contribution < -0.4 is 27.2 Å². The fraction of sp³-hybridized carbons (Fsp3) is 0.593. The maximum atomic E-state index is 13.4. The van der Waals surface area contributed by atoms with E-state index in [-0.39, 0.29) is 44.9 Å². The number of pyridine rings is 1. The van der Waals surface area contributed by atoms with E-state index in [4.69, 9.17) is 20.6 Å². The van der Waals surface area contributed by atoms with Crippen LogP contribution in [0.5, 0.6) is 0 Å². The molecule has 3 unspecified atom stereocenters. The summed E-state index contributed by atoms with van der Waals surface area (Å²) in [5.41, 5.74) is 15.9. The number of anilines is 1. The fourth-order valence-electron chi connectivity index (χ4n) is 7.90. The van der Waals surface area contributed by atoms with Gasteiger partial charge in [0, 0.05) is 107 Å². The fourth-order valence-corrected chi connectivity index (χ4v) is 7.90. The van der Waals surface area contributed by atoms with Gasteiger partial charge in [0.15, 0.2) is 5.78 Å². The topological polar surface area (TPSA) is 173 Å². The summed E-state index contributed by atoms with van der Waals surface area (Å²) in [6.07, 6.45) is 11.0. The van der Waals surface area contributed by atoms with Crippen LogP contribution in [0.4, 0.5) is 5.69 Å². The number of carbonyl (C=O) groups is 3. The maximum absolute atomic E-state index is 13.4. The Bertz CT molecular complexity index is 1900. The summed E-state index contributed by atoms with van der Waals surface area (Å²) in [6, 6.07) is 8.17. The van der Waals surface area contributed by atoms with E-state index in [1.165, 1.54) is 12.6 Å². The number of benzene rings is 1. The van der Waals surface area contributed by atoms with Crippen LogP contribution in [-0.4, -0.2) is 98.6 Å². The molecular weight excluding hydrogens is 1080 g/mol. The molecule has 0 spiro atoms. The van der Waals surface area contributed by atoms with Gasteiger partial charge in [0.1, 0.15) is 6.29 Å². The van der Waals surface area contributed by atoms with Crippen LogP contribution in [0, 0.1) is 46.9 Å². The zero-order valence-corrected chi connectivity index (χ0v) is 48.2. The smallest absolute Gasteiger partial charge is 0.207 e. The van der Waals surface area contributed by atoms with E-state index in [2.05, 4.69) is 96.8 Å². The number of aliphatic imine (C=N–C) groups is 1. The Labute approximate surface area is 422 Å². The van der Waals surface area contributed by atoms with Crippen molar-refractivity contribution in [2.45, 2.75) is 146 Å². The molecular formula is C54H94AmN9O4-3. The minimum atomic E-state index is -0.669. The summed E-state index contributed by atoms with van der Waals surface area (Å²) in [7, 11) is 5.39. The van der Waals surface area contributed by atoms with Crippen molar-refractivity contribution in [3.8, 4) is 11.3 Å². The first-order chi connectivity index (χ1) is 31.7. The molecule has 1 saturated heterocycles. The molecule has 3 aromatic rings. The quantitative estimate of drug-likeness (QED) is 0.0179. The van der Waals surface area contributed by atoms with Gasteiger partial charge in [-0.25, -0.2) is 12.8 Å². The normalized spacial score (nSPS) is 14.1. The van der Waals surface area contributed by atoms with Gasteiger partial charge in [-0.2, -0.15) is 0 Å². The molecule has 1 aliphatic heterocycles. The van der Waals surface area contributed by atoms with E-state index in [1.54, 1.807) is 7.11 Å². The number of rotatable bonds is 23. The van der Waals surface area contributed by atoms with Crippen molar-refractivity contribution in [1.82, 2.24) is 25.2 Å². The number of likely N-dealkylation sites (N-methyl/N-ethyl adjacent to an activating group) is 1. The van der Waals surface area contributed by atoms with Gasteiger partial charge < -0.3 is 56.2 Å². The van der Waals surface area contributed by atoms with Crippen LogP contribution in [0.2, 0.25) is 0 Å². The van der Waals surface area contributed by atoms with Crippen LogP contribution in [0.15, 0.2) is 41.5 Å². The third-order valence-corrected chi connectivity index (χ3v) is 11.5. The first kappa shape index (κ1) is 68.4. The Morgan fingerprint density at radius 1 is 1.04 bits per heavy atom. The Balaban J connectivity index is -0.00000326. The van der Waals surface area contributed by atoms with Crippen LogP contribution in [0.25, 0.3) is 27.9 Å². The van der Waals surface area contributed by atoms with Gasteiger partial charge in [0.25, 0.3) is 0 Å². The number of fused-ring (bicyclic) bond motifs is 1. The summed E-state index contributed by atoms with van der Waals surface area (Å²) in [4.78, 5) is 51.4. The molecule has 1 aromatic carbocycles. The third kappa shape index (κ3) is 21.0. The molecule has 1 fully saturated rings. The molecule has 4 rings (SSSR count). The summed E-state index contributed by atoms with van der Waals surface area (Å²) in [6.45, 7) is 34.8. The van der Waals surface area contributed by atoms with Crippen molar-refractivity contribution in [2.24, 2.45) is 27.9 Å². The van der Waals surface area contributed by atoms with E-state index >= 15 is 0 Å². The SMILES string of the molecule is C/C=C(\N=C(C)CC(NC=O)C(=O)C(C)CCCNN)c1ccc2c(c1)c(CC(C)(C)CCC=O)c(-c1cc(N3CCN(C)CC3)cnc1C(C)OC)n2CC.CC.CC.CN.[Am].[CH2-]CC[CH2-].[CH3-]. The number of methoxy groups -OCH3 is 1. The second-order valence-electron chi connectivity index (χ2n) is 16.8. The number of nitrogens with two attached hydrogens (primary N) is 2. The summed E-state index contributed by atoms with van der Waals surface area (Å²) in [5.74, 6) is 5.17. The van der Waals surface area contributed by atoms with Crippen molar-refractivity contribution >= 4 is 46.5 Å². The van der Waals surface area contributed by atoms with Gasteiger partial charge in [-0.05, 0) is 96.7 Å². The van der Waals surface area contributed by atoms with Gasteiger partial charge in [0.2, 0.25) is 6.41 Å². The van der Waals surface area contributed by atoms with Crippen molar-refractivity contribution in [1.29, 1.82) is 0 Å². The van der Waals surface area contributed by atoms with Crippen LogP contribution in [0.3, 0.4) is 0 Å². The molecule has 68 heavy (non-hydrogen) atoms. The maximum Gasteiger partial charge on any atom is 0.207 e. The van der Waals surface area contributed by atoms with Crippen molar-refractivity contribution in [2.75, 3.05) is 58.8 Å². The molecule has 0 saturated carbocycles. The first-order valence-electron chi connectivity index (χ1n) is 24.3. The number of hydrazine groups is 1. The molecule has 14 heteroatoms. The first-order valence-corrected chi connectivity index (χ1v) is 24.3. The van der Waals surface area contributed by atoms with Gasteiger partial charge in [-0.3, -0.25) is 30.8 Å². The second kappa shape index (κ2) is 37.9. The van der Waals surface area contributed by atoms with E-state index in [1.807, 2.05) is 67.7 Å². The molecule has 0 aliphatic carbocycles. The molecule has 6 N–H and O–H groups in total. The molecule has 1 aliphatic rings. The number of allylic oxidation sites excluding steroid dienone is 1. The number of ketones is 1. The number of ether oxygens (including phenoxy) is 1. The number of aldehydes is 1. The monoisotopic (exact) mass is 1170 g/mol. The number of hydrogen-bond acceptors (Lipinski definition) is 11.